The van der Waals surface area contributed by atoms with Gasteiger partial charge in [0.25, 0.3) is 0 Å². The van der Waals surface area contributed by atoms with E-state index in [-0.39, 0.29) is 32.2 Å². The topological polar surface area (TPSA) is 9.23 Å². The lowest BCUT2D eigenvalue weighted by molar-refractivity contribution is 0.344. The maximum absolute atomic E-state index is 14.6. The molecule has 6 heteroatoms. The van der Waals surface area contributed by atoms with Gasteiger partial charge >= 0.3 is 6.08 Å². The lowest BCUT2D eigenvalue weighted by Gasteiger charge is -2.26. The molecule has 28 heavy (non-hydrogen) atoms. The normalized spacial score (nSPS) is 18.9. The molecule has 0 atom stereocenters. The van der Waals surface area contributed by atoms with Gasteiger partial charge in [-0.3, -0.25) is 0 Å². The van der Waals surface area contributed by atoms with E-state index in [0.29, 0.717) is 5.92 Å². The van der Waals surface area contributed by atoms with Gasteiger partial charge in [0.05, 0.1) is 0 Å². The monoisotopic (exact) mass is 400 g/mol. The maximum Gasteiger partial charge on any atom is 0.305 e. The predicted molar refractivity (Wildman–Crippen MR) is 102 cm³/mol. The molecular weight excluding hydrogens is 375 g/mol. The second-order valence-corrected chi connectivity index (χ2v) is 6.99. The summed E-state index contributed by atoms with van der Waals surface area (Å²) in [7, 11) is 0. The van der Waals surface area contributed by atoms with E-state index in [1.165, 1.54) is 12.1 Å². The molecule has 0 saturated heterocycles. The average molecular weight is 400 g/mol. The van der Waals surface area contributed by atoms with E-state index >= 15 is 0 Å². The fraction of sp³-hybridized carbons (Fsp3) is 0.364. The smallest absolute Gasteiger partial charge is 0.305 e. The van der Waals surface area contributed by atoms with Crippen LogP contribution >= 0.6 is 0 Å². The quantitative estimate of drug-likeness (QED) is 0.372. The van der Waals surface area contributed by atoms with Crippen molar-refractivity contribution in [3.8, 4) is 16.9 Å². The Bertz CT molecular complexity index is 833. The third-order valence-corrected chi connectivity index (χ3v) is 5.06. The van der Waals surface area contributed by atoms with Crippen LogP contribution in [0.5, 0.6) is 5.75 Å². The van der Waals surface area contributed by atoms with E-state index in [9.17, 15) is 22.0 Å². The standard InChI is InChI=1S/C21H19F5O.CH4.H2/c1-12-2-4-13(5-3-12)14-6-7-16(17(22)8-14)15-9-18(23)21(19(24)10-15)27-11-20(25)26;;/h6-13H,2-5H2,1H3;1H4;1H. The molecule has 154 valence electrons. The summed E-state index contributed by atoms with van der Waals surface area (Å²) >= 11 is 0. The van der Waals surface area contributed by atoms with Crippen LogP contribution in [-0.4, -0.2) is 0 Å². The zero-order valence-corrected chi connectivity index (χ0v) is 14.7. The van der Waals surface area contributed by atoms with Gasteiger partial charge in [0.1, 0.15) is 5.82 Å². The lowest BCUT2D eigenvalue weighted by atomic mass is 9.79. The number of rotatable bonds is 4. The molecule has 1 aliphatic carbocycles. The second-order valence-electron chi connectivity index (χ2n) is 6.99. The highest BCUT2D eigenvalue weighted by Gasteiger charge is 2.21. The van der Waals surface area contributed by atoms with Gasteiger partial charge in [0.15, 0.2) is 23.6 Å². The highest BCUT2D eigenvalue weighted by molar-refractivity contribution is 5.66. The molecule has 0 N–H and O–H groups in total. The zero-order chi connectivity index (χ0) is 19.6. The summed E-state index contributed by atoms with van der Waals surface area (Å²) in [4.78, 5) is 0. The Morgan fingerprint density at radius 3 is 2.11 bits per heavy atom. The number of ether oxygens (including phenoxy) is 1. The first-order valence-corrected chi connectivity index (χ1v) is 8.82. The molecule has 2 aromatic carbocycles. The Morgan fingerprint density at radius 1 is 0.964 bits per heavy atom. The van der Waals surface area contributed by atoms with Gasteiger partial charge in [-0.2, -0.15) is 8.78 Å². The number of benzene rings is 2. The third kappa shape index (κ3) is 4.91. The van der Waals surface area contributed by atoms with E-state index in [1.807, 2.05) is 0 Å². The first kappa shape index (κ1) is 21.9. The van der Waals surface area contributed by atoms with Crippen molar-refractivity contribution in [1.82, 2.24) is 0 Å². The highest BCUT2D eigenvalue weighted by atomic mass is 19.3. The Morgan fingerprint density at radius 2 is 1.57 bits per heavy atom. The van der Waals surface area contributed by atoms with Gasteiger partial charge in [-0.1, -0.05) is 39.3 Å². The Labute approximate surface area is 163 Å². The van der Waals surface area contributed by atoms with Crippen molar-refractivity contribution in [3.05, 3.63) is 65.7 Å². The fourth-order valence-electron chi connectivity index (χ4n) is 3.54. The molecule has 3 rings (SSSR count). The van der Waals surface area contributed by atoms with Crippen molar-refractivity contribution in [3.63, 3.8) is 0 Å². The van der Waals surface area contributed by atoms with Crippen molar-refractivity contribution < 1.29 is 28.1 Å². The van der Waals surface area contributed by atoms with Crippen molar-refractivity contribution in [2.75, 3.05) is 0 Å². The van der Waals surface area contributed by atoms with Crippen LogP contribution in [0, 0.1) is 23.4 Å². The van der Waals surface area contributed by atoms with E-state index < -0.39 is 29.3 Å². The fourth-order valence-corrected chi connectivity index (χ4v) is 3.54. The van der Waals surface area contributed by atoms with Crippen LogP contribution in [0.1, 0.15) is 52.9 Å². The number of hydrogen-bond donors (Lipinski definition) is 0. The summed E-state index contributed by atoms with van der Waals surface area (Å²) in [6, 6.07) is 6.42. The largest absolute Gasteiger partial charge is 0.453 e. The Hall–Kier alpha value is -2.37. The summed E-state index contributed by atoms with van der Waals surface area (Å²) < 4.78 is 71.0. The van der Waals surface area contributed by atoms with E-state index in [4.69, 9.17) is 0 Å². The molecule has 0 aromatic heterocycles. The van der Waals surface area contributed by atoms with Crippen molar-refractivity contribution in [2.24, 2.45) is 5.92 Å². The molecule has 1 saturated carbocycles. The van der Waals surface area contributed by atoms with E-state index in [2.05, 4.69) is 11.7 Å². The average Bonchev–Trinajstić information content (AvgIpc) is 2.61. The van der Waals surface area contributed by atoms with Gasteiger partial charge < -0.3 is 4.74 Å². The summed E-state index contributed by atoms with van der Waals surface area (Å²) in [6.45, 7) is 2.20. The molecule has 0 unspecified atom stereocenters. The minimum absolute atomic E-state index is 0. The minimum atomic E-state index is -2.23. The van der Waals surface area contributed by atoms with E-state index in [1.54, 1.807) is 6.07 Å². The van der Waals surface area contributed by atoms with Crippen LogP contribution in [0.25, 0.3) is 11.1 Å². The molecule has 1 fully saturated rings. The van der Waals surface area contributed by atoms with Crippen LogP contribution in [0.4, 0.5) is 22.0 Å². The molecule has 1 nitrogen and oxygen atoms in total. The van der Waals surface area contributed by atoms with Gasteiger partial charge in [0, 0.05) is 6.99 Å². The summed E-state index contributed by atoms with van der Waals surface area (Å²) in [5.41, 5.74) is 0.899. The molecule has 0 radical (unpaired) electrons. The first-order chi connectivity index (χ1) is 12.8. The van der Waals surface area contributed by atoms with Crippen LogP contribution in [0.15, 0.2) is 42.7 Å². The summed E-state index contributed by atoms with van der Waals surface area (Å²) in [5, 5.41) is 0. The number of halogens is 5. The van der Waals surface area contributed by atoms with Crippen molar-refractivity contribution >= 4 is 0 Å². The van der Waals surface area contributed by atoms with Crippen LogP contribution in [-0.2, 0) is 0 Å². The van der Waals surface area contributed by atoms with Gasteiger partial charge in [-0.05, 0) is 54.0 Å². The molecule has 1 aliphatic rings. The van der Waals surface area contributed by atoms with Crippen molar-refractivity contribution in [2.45, 2.75) is 46.0 Å². The maximum atomic E-state index is 14.6. The molecule has 0 aliphatic heterocycles. The Balaban J connectivity index is 0.00000210. The zero-order valence-electron chi connectivity index (χ0n) is 14.7. The summed E-state index contributed by atoms with van der Waals surface area (Å²) in [6.07, 6.45) is 1.90. The first-order valence-electron chi connectivity index (χ1n) is 8.82. The van der Waals surface area contributed by atoms with Crippen LogP contribution in [0.3, 0.4) is 0 Å². The SMILES string of the molecule is C.CC1CCC(c2ccc(-c3cc(F)c(OC=C(F)F)c(F)c3)c(F)c2)CC1.[HH]. The van der Waals surface area contributed by atoms with Crippen LogP contribution in [0.2, 0.25) is 0 Å². The molecule has 0 spiro atoms. The molecule has 2 aromatic rings. The van der Waals surface area contributed by atoms with Crippen LogP contribution < -0.4 is 4.74 Å². The predicted octanol–water partition coefficient (Wildman–Crippen LogP) is 8.06. The molecule has 0 bridgehead atoms. The molecule has 0 heterocycles. The molecular formula is C22H25F5O. The van der Waals surface area contributed by atoms with Gasteiger partial charge in [0.2, 0.25) is 0 Å². The lowest BCUT2D eigenvalue weighted by Crippen LogP contribution is -2.11. The van der Waals surface area contributed by atoms with Gasteiger partial charge in [-0.15, -0.1) is 0 Å². The molecule has 0 amide bonds. The summed E-state index contributed by atoms with van der Waals surface area (Å²) in [5.74, 6) is -2.94. The third-order valence-electron chi connectivity index (χ3n) is 5.06. The minimum Gasteiger partial charge on any atom is -0.453 e. The van der Waals surface area contributed by atoms with Crippen molar-refractivity contribution in [1.29, 1.82) is 0 Å². The number of hydrogen-bond acceptors (Lipinski definition) is 1. The van der Waals surface area contributed by atoms with Gasteiger partial charge in [-0.25, -0.2) is 13.2 Å². The van der Waals surface area contributed by atoms with E-state index in [0.717, 1.165) is 43.4 Å². The Kier molecular flexibility index (Phi) is 7.22. The second kappa shape index (κ2) is 9.22. The highest BCUT2D eigenvalue weighted by Crippen LogP contribution is 2.37.